The monoisotopic (exact) mass is 260 g/mol. The Morgan fingerprint density at radius 1 is 1.32 bits per heavy atom. The third kappa shape index (κ3) is 3.12. The number of pyridine rings is 1. The molecule has 0 unspecified atom stereocenters. The van der Waals surface area contributed by atoms with Crippen LogP contribution in [-0.2, 0) is 13.6 Å². The smallest absolute Gasteiger partial charge is 0.222 e. The lowest BCUT2D eigenvalue weighted by Gasteiger charge is -2.09. The Morgan fingerprint density at radius 2 is 2.11 bits per heavy atom. The number of aryl methyl sites for hydroxylation is 3. The van der Waals surface area contributed by atoms with E-state index in [0.29, 0.717) is 0 Å². The molecule has 0 spiro atoms. The molecule has 0 amide bonds. The lowest BCUT2D eigenvalue weighted by Crippen LogP contribution is -2.12. The Balaban J connectivity index is 2.25. The number of nitrogens with zero attached hydrogens (tertiary/aromatic N) is 3. The molecule has 0 atom stereocenters. The summed E-state index contributed by atoms with van der Waals surface area (Å²) >= 11 is 0. The molecular formula is C14H20N4O. The minimum atomic E-state index is 0.728. The molecule has 102 valence electrons. The van der Waals surface area contributed by atoms with Crippen molar-refractivity contribution < 1.29 is 4.74 Å². The predicted molar refractivity (Wildman–Crippen MR) is 74.4 cm³/mol. The molecular weight excluding hydrogens is 240 g/mol. The van der Waals surface area contributed by atoms with Gasteiger partial charge in [-0.1, -0.05) is 6.92 Å². The van der Waals surface area contributed by atoms with Crippen molar-refractivity contribution in [1.29, 1.82) is 0 Å². The van der Waals surface area contributed by atoms with Crippen LogP contribution in [0.5, 0.6) is 11.6 Å². The molecule has 5 heteroatoms. The van der Waals surface area contributed by atoms with E-state index in [1.165, 1.54) is 0 Å². The highest BCUT2D eigenvalue weighted by Crippen LogP contribution is 2.26. The van der Waals surface area contributed by atoms with Gasteiger partial charge in [0.2, 0.25) is 5.88 Å². The fourth-order valence-electron chi connectivity index (χ4n) is 1.89. The first-order valence-corrected chi connectivity index (χ1v) is 6.45. The van der Waals surface area contributed by atoms with Crippen LogP contribution in [0.3, 0.4) is 0 Å². The van der Waals surface area contributed by atoms with Gasteiger partial charge in [-0.05, 0) is 32.5 Å². The Morgan fingerprint density at radius 3 is 2.74 bits per heavy atom. The van der Waals surface area contributed by atoms with E-state index in [2.05, 4.69) is 22.3 Å². The first kappa shape index (κ1) is 13.5. The third-order valence-corrected chi connectivity index (χ3v) is 2.94. The van der Waals surface area contributed by atoms with Crippen molar-refractivity contribution in [2.24, 2.45) is 7.05 Å². The average Bonchev–Trinajstić information content (AvgIpc) is 2.65. The lowest BCUT2D eigenvalue weighted by atomic mass is 10.2. The van der Waals surface area contributed by atoms with E-state index < -0.39 is 0 Å². The summed E-state index contributed by atoms with van der Waals surface area (Å²) in [6.07, 6.45) is 1.73. The van der Waals surface area contributed by atoms with E-state index in [4.69, 9.17) is 4.74 Å². The van der Waals surface area contributed by atoms with E-state index in [-0.39, 0.29) is 0 Å². The summed E-state index contributed by atoms with van der Waals surface area (Å²) in [4.78, 5) is 4.23. The molecule has 2 aromatic heterocycles. The van der Waals surface area contributed by atoms with Gasteiger partial charge < -0.3 is 10.1 Å². The second-order valence-corrected chi connectivity index (χ2v) is 4.51. The van der Waals surface area contributed by atoms with Crippen LogP contribution in [-0.4, -0.2) is 21.3 Å². The topological polar surface area (TPSA) is 52.0 Å². The van der Waals surface area contributed by atoms with Crippen LogP contribution in [0.2, 0.25) is 0 Å². The summed E-state index contributed by atoms with van der Waals surface area (Å²) in [5.74, 6) is 1.50. The van der Waals surface area contributed by atoms with Gasteiger partial charge in [-0.3, -0.25) is 4.98 Å². The molecule has 1 N–H and O–H groups in total. The quantitative estimate of drug-likeness (QED) is 0.896. The zero-order valence-electron chi connectivity index (χ0n) is 11.9. The van der Waals surface area contributed by atoms with Crippen molar-refractivity contribution >= 4 is 0 Å². The normalized spacial score (nSPS) is 10.7. The van der Waals surface area contributed by atoms with Crippen LogP contribution in [0.4, 0.5) is 0 Å². The van der Waals surface area contributed by atoms with Gasteiger partial charge in [0.15, 0.2) is 0 Å². The van der Waals surface area contributed by atoms with Gasteiger partial charge in [0.05, 0.1) is 17.5 Å². The minimum absolute atomic E-state index is 0.728. The number of nitrogens with one attached hydrogen (secondary N) is 1. The molecule has 0 aromatic carbocycles. The van der Waals surface area contributed by atoms with Crippen LogP contribution in [0.1, 0.15) is 23.9 Å². The number of aromatic nitrogens is 3. The van der Waals surface area contributed by atoms with E-state index in [0.717, 1.165) is 41.7 Å². The van der Waals surface area contributed by atoms with Crippen LogP contribution in [0.15, 0.2) is 18.3 Å². The lowest BCUT2D eigenvalue weighted by molar-refractivity contribution is 0.422. The van der Waals surface area contributed by atoms with Crippen molar-refractivity contribution in [1.82, 2.24) is 20.1 Å². The summed E-state index contributed by atoms with van der Waals surface area (Å²) in [5, 5.41) is 7.71. The van der Waals surface area contributed by atoms with Gasteiger partial charge >= 0.3 is 0 Å². The standard InChI is InChI=1S/C14H20N4O/c1-5-15-9-13-11(3)17-18(4)14(13)19-12-7-6-10(2)16-8-12/h6-8,15H,5,9H2,1-4H3. The summed E-state index contributed by atoms with van der Waals surface area (Å²) in [7, 11) is 1.89. The summed E-state index contributed by atoms with van der Waals surface area (Å²) in [6, 6.07) is 3.85. The second-order valence-electron chi connectivity index (χ2n) is 4.51. The van der Waals surface area contributed by atoms with Gasteiger partial charge in [0, 0.05) is 19.3 Å². The molecule has 0 fully saturated rings. The molecule has 0 aliphatic carbocycles. The molecule has 2 rings (SSSR count). The fraction of sp³-hybridized carbons (Fsp3) is 0.429. The number of hydrogen-bond acceptors (Lipinski definition) is 4. The van der Waals surface area contributed by atoms with E-state index in [1.807, 2.05) is 33.0 Å². The second kappa shape index (κ2) is 5.84. The number of hydrogen-bond donors (Lipinski definition) is 1. The third-order valence-electron chi connectivity index (χ3n) is 2.94. The molecule has 0 bridgehead atoms. The Labute approximate surface area is 113 Å². The maximum atomic E-state index is 5.91. The zero-order chi connectivity index (χ0) is 13.8. The van der Waals surface area contributed by atoms with Gasteiger partial charge in [-0.15, -0.1) is 0 Å². The molecule has 0 radical (unpaired) electrons. The fourth-order valence-corrected chi connectivity index (χ4v) is 1.89. The van der Waals surface area contributed by atoms with E-state index >= 15 is 0 Å². The van der Waals surface area contributed by atoms with Crippen LogP contribution in [0.25, 0.3) is 0 Å². The maximum Gasteiger partial charge on any atom is 0.222 e. The first-order chi connectivity index (χ1) is 9.11. The van der Waals surface area contributed by atoms with Crippen molar-refractivity contribution in [2.75, 3.05) is 6.54 Å². The van der Waals surface area contributed by atoms with Crippen LogP contribution < -0.4 is 10.1 Å². The van der Waals surface area contributed by atoms with E-state index in [1.54, 1.807) is 10.9 Å². The molecule has 2 aromatic rings. The SMILES string of the molecule is CCNCc1c(C)nn(C)c1Oc1ccc(C)nc1. The largest absolute Gasteiger partial charge is 0.437 e. The molecule has 0 saturated heterocycles. The number of ether oxygens (including phenoxy) is 1. The minimum Gasteiger partial charge on any atom is -0.437 e. The first-order valence-electron chi connectivity index (χ1n) is 6.45. The highest BCUT2D eigenvalue weighted by atomic mass is 16.5. The highest BCUT2D eigenvalue weighted by Gasteiger charge is 2.15. The van der Waals surface area contributed by atoms with Crippen LogP contribution in [0, 0.1) is 13.8 Å². The maximum absolute atomic E-state index is 5.91. The molecule has 5 nitrogen and oxygen atoms in total. The number of rotatable bonds is 5. The zero-order valence-corrected chi connectivity index (χ0v) is 11.9. The van der Waals surface area contributed by atoms with Gasteiger partial charge in [0.1, 0.15) is 5.75 Å². The van der Waals surface area contributed by atoms with Crippen LogP contribution >= 0.6 is 0 Å². The van der Waals surface area contributed by atoms with Crippen molar-refractivity contribution in [3.8, 4) is 11.6 Å². The predicted octanol–water partition coefficient (Wildman–Crippen LogP) is 2.33. The average molecular weight is 260 g/mol. The van der Waals surface area contributed by atoms with Crippen molar-refractivity contribution in [3.05, 3.63) is 35.3 Å². The Bertz CT molecular complexity index is 545. The van der Waals surface area contributed by atoms with Gasteiger partial charge in [0.25, 0.3) is 0 Å². The molecule has 2 heterocycles. The molecule has 19 heavy (non-hydrogen) atoms. The Kier molecular flexibility index (Phi) is 4.16. The molecule has 0 aliphatic heterocycles. The summed E-state index contributed by atoms with van der Waals surface area (Å²) in [5.41, 5.74) is 3.05. The molecule has 0 saturated carbocycles. The van der Waals surface area contributed by atoms with E-state index in [9.17, 15) is 0 Å². The van der Waals surface area contributed by atoms with Crippen molar-refractivity contribution in [3.63, 3.8) is 0 Å². The Hall–Kier alpha value is -1.88. The van der Waals surface area contributed by atoms with Gasteiger partial charge in [-0.25, -0.2) is 4.68 Å². The molecule has 0 aliphatic rings. The summed E-state index contributed by atoms with van der Waals surface area (Å²) in [6.45, 7) is 7.70. The van der Waals surface area contributed by atoms with Crippen molar-refractivity contribution in [2.45, 2.75) is 27.3 Å². The van der Waals surface area contributed by atoms with Gasteiger partial charge in [-0.2, -0.15) is 5.10 Å². The highest BCUT2D eigenvalue weighted by molar-refractivity contribution is 5.35. The summed E-state index contributed by atoms with van der Waals surface area (Å²) < 4.78 is 7.68.